The number of hydrogen-bond acceptors (Lipinski definition) is 3. The Morgan fingerprint density at radius 2 is 2.12 bits per heavy atom. The number of hydrogen-bond donors (Lipinski definition) is 2. The van der Waals surface area contributed by atoms with E-state index in [1.807, 2.05) is 0 Å². The van der Waals surface area contributed by atoms with E-state index in [9.17, 15) is 4.79 Å². The highest BCUT2D eigenvalue weighted by Crippen LogP contribution is 2.20. The van der Waals surface area contributed by atoms with E-state index in [0.29, 0.717) is 12.1 Å². The van der Waals surface area contributed by atoms with Gasteiger partial charge in [0, 0.05) is 18.6 Å². The molecule has 1 aliphatic carbocycles. The first-order valence-corrected chi connectivity index (χ1v) is 6.87. The van der Waals surface area contributed by atoms with Crippen LogP contribution < -0.4 is 11.1 Å². The average molecular weight is 241 g/mol. The topological polar surface area (TPSA) is 58.4 Å². The summed E-state index contributed by atoms with van der Waals surface area (Å²) < 4.78 is 0. The molecule has 0 saturated heterocycles. The van der Waals surface area contributed by atoms with Crippen molar-refractivity contribution < 1.29 is 4.79 Å². The molecule has 3 N–H and O–H groups in total. The Morgan fingerprint density at radius 1 is 1.47 bits per heavy atom. The van der Waals surface area contributed by atoms with Crippen LogP contribution in [0.2, 0.25) is 0 Å². The van der Waals surface area contributed by atoms with Crippen LogP contribution in [0.25, 0.3) is 0 Å². The monoisotopic (exact) mass is 241 g/mol. The van der Waals surface area contributed by atoms with E-state index >= 15 is 0 Å². The summed E-state index contributed by atoms with van der Waals surface area (Å²) in [5.41, 5.74) is 5.43. The maximum atomic E-state index is 11.3. The normalized spacial score (nSPS) is 19.3. The second-order valence-corrected chi connectivity index (χ2v) is 5.07. The molecule has 1 aliphatic rings. The first kappa shape index (κ1) is 14.5. The molecule has 0 heterocycles. The number of rotatable bonds is 9. The van der Waals surface area contributed by atoms with Gasteiger partial charge in [0.25, 0.3) is 0 Å². The molecule has 4 heteroatoms. The highest BCUT2D eigenvalue weighted by molar-refractivity contribution is 5.79. The number of nitrogens with two attached hydrogens (primary N) is 1. The molecule has 0 aromatic carbocycles. The lowest BCUT2D eigenvalue weighted by Gasteiger charge is -2.28. The minimum atomic E-state index is -0.211. The van der Waals surface area contributed by atoms with E-state index in [4.69, 9.17) is 5.73 Å². The predicted molar refractivity (Wildman–Crippen MR) is 70.8 cm³/mol. The molecule has 2 unspecified atom stereocenters. The lowest BCUT2D eigenvalue weighted by atomic mass is 10.1. The molecule has 100 valence electrons. The predicted octanol–water partition coefficient (Wildman–Crippen LogP) is 1.10. The summed E-state index contributed by atoms with van der Waals surface area (Å²) in [6, 6.07) is 0.959. The van der Waals surface area contributed by atoms with Crippen LogP contribution in [0, 0.1) is 0 Å². The van der Waals surface area contributed by atoms with E-state index in [1.54, 1.807) is 0 Å². The number of nitrogens with one attached hydrogen (secondary N) is 1. The quantitative estimate of drug-likeness (QED) is 0.635. The van der Waals surface area contributed by atoms with Crippen molar-refractivity contribution in [2.75, 3.05) is 13.1 Å². The average Bonchev–Trinajstić information content (AvgIpc) is 3.11. The van der Waals surface area contributed by atoms with Crippen molar-refractivity contribution in [3.8, 4) is 0 Å². The van der Waals surface area contributed by atoms with Gasteiger partial charge in [-0.05, 0) is 39.2 Å². The molecule has 1 rings (SSSR count). The van der Waals surface area contributed by atoms with E-state index in [-0.39, 0.29) is 11.9 Å². The van der Waals surface area contributed by atoms with Crippen LogP contribution in [-0.2, 0) is 4.79 Å². The fourth-order valence-corrected chi connectivity index (χ4v) is 2.09. The molecule has 0 aromatic rings. The van der Waals surface area contributed by atoms with Gasteiger partial charge < -0.3 is 16.0 Å². The number of nitrogens with zero attached hydrogens (tertiary/aromatic N) is 1. The highest BCUT2D eigenvalue weighted by Gasteiger charge is 2.27. The van der Waals surface area contributed by atoms with Gasteiger partial charge in [-0.25, -0.2) is 0 Å². The van der Waals surface area contributed by atoms with E-state index in [1.165, 1.54) is 12.8 Å². The van der Waals surface area contributed by atoms with Crippen molar-refractivity contribution in [3.05, 3.63) is 0 Å². The summed E-state index contributed by atoms with van der Waals surface area (Å²) in [6.45, 7) is 8.57. The minimum Gasteiger partial charge on any atom is -0.368 e. The molecule has 4 nitrogen and oxygen atoms in total. The third-order valence-corrected chi connectivity index (χ3v) is 3.68. The van der Waals surface area contributed by atoms with Gasteiger partial charge in [0.15, 0.2) is 0 Å². The standard InChI is InChI=1S/C13H27N3O/c1-4-10(3)16(5-2)9-8-12(13(14)17)15-11-6-7-11/h10-12,15H,4-9H2,1-3H3,(H2,14,17). The summed E-state index contributed by atoms with van der Waals surface area (Å²) in [7, 11) is 0. The molecule has 0 bridgehead atoms. The van der Waals surface area contributed by atoms with Crippen LogP contribution in [0.1, 0.15) is 46.5 Å². The summed E-state index contributed by atoms with van der Waals surface area (Å²) in [6.07, 6.45) is 4.34. The highest BCUT2D eigenvalue weighted by atomic mass is 16.1. The van der Waals surface area contributed by atoms with Gasteiger partial charge in [-0.3, -0.25) is 4.79 Å². The Kier molecular flexibility index (Phi) is 5.92. The van der Waals surface area contributed by atoms with Crippen LogP contribution >= 0.6 is 0 Å². The summed E-state index contributed by atoms with van der Waals surface area (Å²) in [5.74, 6) is -0.211. The number of carbonyl (C=O) groups is 1. The Hall–Kier alpha value is -0.610. The van der Waals surface area contributed by atoms with Crippen LogP contribution in [0.15, 0.2) is 0 Å². The van der Waals surface area contributed by atoms with Crippen molar-refractivity contribution >= 4 is 5.91 Å². The molecule has 1 amide bonds. The van der Waals surface area contributed by atoms with Crippen molar-refractivity contribution in [1.29, 1.82) is 0 Å². The Balaban J connectivity index is 2.35. The zero-order valence-corrected chi connectivity index (χ0v) is 11.4. The smallest absolute Gasteiger partial charge is 0.234 e. The third kappa shape index (κ3) is 5.04. The van der Waals surface area contributed by atoms with Crippen LogP contribution in [-0.4, -0.2) is 42.0 Å². The molecule has 0 spiro atoms. The number of primary amides is 1. The molecule has 0 aliphatic heterocycles. The molecule has 0 radical (unpaired) electrons. The lowest BCUT2D eigenvalue weighted by molar-refractivity contribution is -0.120. The van der Waals surface area contributed by atoms with Gasteiger partial charge >= 0.3 is 0 Å². The molecular formula is C13H27N3O. The van der Waals surface area contributed by atoms with E-state index in [0.717, 1.165) is 25.9 Å². The SMILES string of the molecule is CCC(C)N(CC)CCC(NC1CC1)C(N)=O. The Bertz CT molecular complexity index is 241. The Morgan fingerprint density at radius 3 is 2.53 bits per heavy atom. The van der Waals surface area contributed by atoms with Gasteiger partial charge in [0.1, 0.15) is 0 Å². The van der Waals surface area contributed by atoms with Crippen molar-refractivity contribution in [1.82, 2.24) is 10.2 Å². The van der Waals surface area contributed by atoms with Crippen LogP contribution in [0.3, 0.4) is 0 Å². The zero-order valence-electron chi connectivity index (χ0n) is 11.4. The number of carbonyl (C=O) groups excluding carboxylic acids is 1. The molecule has 2 atom stereocenters. The maximum absolute atomic E-state index is 11.3. The van der Waals surface area contributed by atoms with Gasteiger partial charge in [0.05, 0.1) is 6.04 Å². The molecule has 1 saturated carbocycles. The molecule has 17 heavy (non-hydrogen) atoms. The van der Waals surface area contributed by atoms with E-state index in [2.05, 4.69) is 31.0 Å². The van der Waals surface area contributed by atoms with Crippen LogP contribution in [0.4, 0.5) is 0 Å². The summed E-state index contributed by atoms with van der Waals surface area (Å²) in [5, 5.41) is 3.33. The van der Waals surface area contributed by atoms with Gasteiger partial charge in [0.2, 0.25) is 5.91 Å². The lowest BCUT2D eigenvalue weighted by Crippen LogP contribution is -2.45. The molecule has 0 aromatic heterocycles. The van der Waals surface area contributed by atoms with E-state index < -0.39 is 0 Å². The second-order valence-electron chi connectivity index (χ2n) is 5.07. The minimum absolute atomic E-state index is 0.152. The van der Waals surface area contributed by atoms with Gasteiger partial charge in [-0.15, -0.1) is 0 Å². The fraction of sp³-hybridized carbons (Fsp3) is 0.923. The van der Waals surface area contributed by atoms with Crippen molar-refractivity contribution in [3.63, 3.8) is 0 Å². The third-order valence-electron chi connectivity index (χ3n) is 3.68. The van der Waals surface area contributed by atoms with Crippen molar-refractivity contribution in [2.45, 2.75) is 64.6 Å². The van der Waals surface area contributed by atoms with Gasteiger partial charge in [-0.2, -0.15) is 0 Å². The van der Waals surface area contributed by atoms with Crippen LogP contribution in [0.5, 0.6) is 0 Å². The molecular weight excluding hydrogens is 214 g/mol. The zero-order chi connectivity index (χ0) is 12.8. The first-order chi connectivity index (χ1) is 8.08. The van der Waals surface area contributed by atoms with Gasteiger partial charge in [-0.1, -0.05) is 13.8 Å². The van der Waals surface area contributed by atoms with Crippen molar-refractivity contribution in [2.24, 2.45) is 5.73 Å². The summed E-state index contributed by atoms with van der Waals surface area (Å²) in [4.78, 5) is 13.8. The first-order valence-electron chi connectivity index (χ1n) is 6.87. The largest absolute Gasteiger partial charge is 0.368 e. The number of amides is 1. The maximum Gasteiger partial charge on any atom is 0.234 e. The molecule has 1 fully saturated rings. The fourth-order valence-electron chi connectivity index (χ4n) is 2.09. The second kappa shape index (κ2) is 6.97. The summed E-state index contributed by atoms with van der Waals surface area (Å²) >= 11 is 0. The Labute approximate surface area is 105 Å².